The number of nitrogens with one attached hydrogen (secondary N) is 1. The predicted octanol–water partition coefficient (Wildman–Crippen LogP) is 3.80. The van der Waals surface area contributed by atoms with E-state index in [0.717, 1.165) is 81.0 Å². The maximum absolute atomic E-state index is 13.6. The monoisotopic (exact) mass is 605 g/mol. The maximum Gasteiger partial charge on any atom is 0.251 e. The summed E-state index contributed by atoms with van der Waals surface area (Å²) >= 11 is 1.65. The normalized spacial score (nSPS) is 27.2. The van der Waals surface area contributed by atoms with Crippen molar-refractivity contribution in [1.82, 2.24) is 20.1 Å². The Balaban J connectivity index is 1.20. The van der Waals surface area contributed by atoms with Gasteiger partial charge in [0.2, 0.25) is 0 Å². The number of aromatic nitrogens is 1. The first kappa shape index (κ1) is 30.1. The smallest absolute Gasteiger partial charge is 0.251 e. The predicted molar refractivity (Wildman–Crippen MR) is 169 cm³/mol. The molecule has 9 nitrogen and oxygen atoms in total. The van der Waals surface area contributed by atoms with Crippen LogP contribution < -0.4 is 10.2 Å². The molecule has 230 valence electrons. The fourth-order valence-electron chi connectivity index (χ4n) is 7.52. The number of fused-ring (bicyclic) bond motifs is 1. The highest BCUT2D eigenvalue weighted by Crippen LogP contribution is 2.46. The van der Waals surface area contributed by atoms with Crippen LogP contribution in [0.1, 0.15) is 56.3 Å². The Morgan fingerprint density at radius 1 is 1.14 bits per heavy atom. The lowest BCUT2D eigenvalue weighted by Crippen LogP contribution is -2.66. The Kier molecular flexibility index (Phi) is 8.82. The quantitative estimate of drug-likeness (QED) is 0.359. The van der Waals surface area contributed by atoms with Gasteiger partial charge in [0.25, 0.3) is 5.91 Å². The molecule has 1 amide bonds. The molecule has 1 aromatic carbocycles. The highest BCUT2D eigenvalue weighted by atomic mass is 32.1. The summed E-state index contributed by atoms with van der Waals surface area (Å²) in [6.07, 6.45) is 7.27. The Morgan fingerprint density at radius 3 is 2.53 bits per heavy atom. The van der Waals surface area contributed by atoms with E-state index in [-0.39, 0.29) is 36.4 Å². The Morgan fingerprint density at radius 2 is 1.86 bits per heavy atom. The van der Waals surface area contributed by atoms with Crippen LogP contribution in [0.3, 0.4) is 0 Å². The van der Waals surface area contributed by atoms with Crippen LogP contribution in [0.2, 0.25) is 0 Å². The van der Waals surface area contributed by atoms with Crippen LogP contribution in [-0.2, 0) is 14.3 Å². The maximum atomic E-state index is 13.6. The number of thiazole rings is 1. The minimum Gasteiger partial charge on any atom is -0.368 e. The van der Waals surface area contributed by atoms with E-state index in [9.17, 15) is 14.4 Å². The molecule has 2 aromatic rings. The number of carbonyl (C=O) groups excluding carboxylic acids is 3. The first-order valence-electron chi connectivity index (χ1n) is 15.6. The molecule has 10 heteroatoms. The highest BCUT2D eigenvalue weighted by Gasteiger charge is 2.59. The highest BCUT2D eigenvalue weighted by molar-refractivity contribution is 7.14. The third kappa shape index (κ3) is 5.70. The van der Waals surface area contributed by atoms with Crippen molar-refractivity contribution in [3.8, 4) is 11.3 Å². The van der Waals surface area contributed by atoms with E-state index < -0.39 is 11.6 Å². The third-order valence-corrected chi connectivity index (χ3v) is 11.1. The van der Waals surface area contributed by atoms with E-state index in [1.807, 2.05) is 19.1 Å². The zero-order valence-corrected chi connectivity index (χ0v) is 26.3. The molecule has 1 saturated carbocycles. The molecule has 43 heavy (non-hydrogen) atoms. The molecule has 4 fully saturated rings. The molecule has 3 aliphatic heterocycles. The summed E-state index contributed by atoms with van der Waals surface area (Å²) in [5.41, 5.74) is 2.93. The number of anilines is 1. The van der Waals surface area contributed by atoms with Crippen molar-refractivity contribution in [1.29, 1.82) is 0 Å². The number of ketones is 1. The van der Waals surface area contributed by atoms with Gasteiger partial charge in [0.1, 0.15) is 18.9 Å². The van der Waals surface area contributed by atoms with Crippen LogP contribution in [-0.4, -0.2) is 103 Å². The number of hydrogen-bond acceptors (Lipinski definition) is 9. The van der Waals surface area contributed by atoms with Gasteiger partial charge in [-0.15, -0.1) is 11.3 Å². The van der Waals surface area contributed by atoms with Gasteiger partial charge in [0.15, 0.2) is 10.9 Å². The average molecular weight is 606 g/mol. The first-order valence-corrected chi connectivity index (χ1v) is 16.5. The molecule has 1 N–H and O–H groups in total. The molecule has 0 spiro atoms. The fraction of sp³-hybridized carbons (Fsp3) is 0.576. The van der Waals surface area contributed by atoms with Gasteiger partial charge in [-0.2, -0.15) is 0 Å². The topological polar surface area (TPSA) is 95.1 Å². The number of ether oxygens (including phenoxy) is 1. The zero-order valence-electron chi connectivity index (χ0n) is 25.5. The van der Waals surface area contributed by atoms with Crippen molar-refractivity contribution in [2.75, 3.05) is 51.3 Å². The Bertz CT molecular complexity index is 1360. The van der Waals surface area contributed by atoms with Crippen LogP contribution in [0.5, 0.6) is 0 Å². The molecule has 4 atom stereocenters. The van der Waals surface area contributed by atoms with Gasteiger partial charge in [0.05, 0.1) is 17.8 Å². The summed E-state index contributed by atoms with van der Waals surface area (Å²) in [5.74, 6) is -0.111. The number of piperazine rings is 1. The largest absolute Gasteiger partial charge is 0.368 e. The molecule has 1 aliphatic carbocycles. The molecule has 4 heterocycles. The molecule has 4 unspecified atom stereocenters. The van der Waals surface area contributed by atoms with Crippen LogP contribution in [0.4, 0.5) is 5.13 Å². The van der Waals surface area contributed by atoms with E-state index in [1.54, 1.807) is 23.5 Å². The number of benzene rings is 1. The second-order valence-corrected chi connectivity index (χ2v) is 13.4. The number of aldehydes is 1. The summed E-state index contributed by atoms with van der Waals surface area (Å²) in [6, 6.07) is 6.34. The number of carbonyl (C=O) groups is 3. The molecule has 1 aromatic heterocycles. The number of likely N-dealkylation sites (tertiary alicyclic amines) is 1. The van der Waals surface area contributed by atoms with E-state index in [0.29, 0.717) is 12.1 Å². The molecule has 0 bridgehead atoms. The summed E-state index contributed by atoms with van der Waals surface area (Å²) in [6.45, 7) is 8.86. The second kappa shape index (κ2) is 12.6. The molecular weight excluding hydrogens is 562 g/mol. The number of likely N-dealkylation sites (N-methyl/N-ethyl adjacent to an activating group) is 1. The summed E-state index contributed by atoms with van der Waals surface area (Å²) in [5, 5.41) is 6.19. The van der Waals surface area contributed by atoms with Crippen LogP contribution in [0, 0.1) is 5.92 Å². The van der Waals surface area contributed by atoms with Crippen LogP contribution >= 0.6 is 11.3 Å². The zero-order chi connectivity index (χ0) is 30.1. The van der Waals surface area contributed by atoms with Crippen LogP contribution in [0.15, 0.2) is 41.3 Å². The lowest BCUT2D eigenvalue weighted by molar-refractivity contribution is -0.126. The minimum absolute atomic E-state index is 0.0748. The van der Waals surface area contributed by atoms with Crippen molar-refractivity contribution in [3.05, 3.63) is 46.9 Å². The van der Waals surface area contributed by atoms with Gasteiger partial charge < -0.3 is 24.6 Å². The summed E-state index contributed by atoms with van der Waals surface area (Å²) in [4.78, 5) is 51.3. The molecular formula is C33H43N5O4S. The fourth-order valence-corrected chi connectivity index (χ4v) is 8.41. The summed E-state index contributed by atoms with van der Waals surface area (Å²) < 4.78 is 6.03. The average Bonchev–Trinajstić information content (AvgIpc) is 3.78. The molecule has 3 saturated heterocycles. The third-order valence-electron chi connectivity index (χ3n) is 10.2. The van der Waals surface area contributed by atoms with E-state index in [1.165, 1.54) is 5.57 Å². The number of amides is 1. The number of Topliss-reactive ketones (excluding diaryl/α,β-unsaturated/α-hetero) is 1. The molecule has 6 rings (SSSR count). The number of hydrogen-bond donors (Lipinski definition) is 1. The van der Waals surface area contributed by atoms with E-state index >= 15 is 0 Å². The van der Waals surface area contributed by atoms with Gasteiger partial charge >= 0.3 is 0 Å². The standard InChI is InChI=1S/C33H43N5O4S/c1-4-22(2)25-18-38(29-27(40)20-42-30(25)29)33(12-6-5-7-13-33)28(19-39)35-31(41)24-10-8-23(9-11-24)26-21-43-32(34-26)37-16-14-36(3)15-17-37/h4,8-11,19,21,25,28-30H,5-7,12-18,20H2,1-3H3,(H,35,41). The van der Waals surface area contributed by atoms with Gasteiger partial charge in [0, 0.05) is 60.7 Å². The molecule has 4 aliphatic rings. The lowest BCUT2D eigenvalue weighted by Gasteiger charge is -2.49. The van der Waals surface area contributed by atoms with E-state index in [4.69, 9.17) is 9.72 Å². The van der Waals surface area contributed by atoms with Crippen molar-refractivity contribution >= 4 is 34.4 Å². The van der Waals surface area contributed by atoms with Gasteiger partial charge in [-0.1, -0.05) is 43.0 Å². The Labute approximate surface area is 258 Å². The van der Waals surface area contributed by atoms with Crippen molar-refractivity contribution in [2.45, 2.75) is 69.7 Å². The second-order valence-electron chi connectivity index (χ2n) is 12.6. The lowest BCUT2D eigenvalue weighted by atomic mass is 9.74. The van der Waals surface area contributed by atoms with E-state index in [2.05, 4.69) is 45.4 Å². The first-order chi connectivity index (χ1) is 20.8. The number of allylic oxidation sites excluding steroid dienone is 1. The number of rotatable bonds is 8. The molecule has 0 radical (unpaired) electrons. The number of nitrogens with zero attached hydrogens (tertiary/aromatic N) is 4. The Hall–Kier alpha value is -2.92. The van der Waals surface area contributed by atoms with Crippen LogP contribution in [0.25, 0.3) is 11.3 Å². The summed E-state index contributed by atoms with van der Waals surface area (Å²) in [7, 11) is 2.14. The van der Waals surface area contributed by atoms with Crippen molar-refractivity contribution < 1.29 is 19.1 Å². The minimum atomic E-state index is -0.733. The van der Waals surface area contributed by atoms with Crippen molar-refractivity contribution in [3.63, 3.8) is 0 Å². The SMILES string of the molecule is CC=C(C)C1CN(C2(C(C=O)NC(=O)c3ccc(-c4csc(N5CCN(C)CC5)n4)cc3)CCCCC2)C2C(=O)COC12. The van der Waals surface area contributed by atoms with Gasteiger partial charge in [-0.3, -0.25) is 14.5 Å². The van der Waals surface area contributed by atoms with Gasteiger partial charge in [-0.25, -0.2) is 4.98 Å². The van der Waals surface area contributed by atoms with Gasteiger partial charge in [-0.05, 0) is 45.9 Å². The van der Waals surface area contributed by atoms with Crippen molar-refractivity contribution in [2.24, 2.45) is 5.92 Å².